The third-order valence-electron chi connectivity index (χ3n) is 3.82. The highest BCUT2D eigenvalue weighted by molar-refractivity contribution is 7.12. The third-order valence-corrected chi connectivity index (χ3v) is 4.68. The lowest BCUT2D eigenvalue weighted by Crippen LogP contribution is -2.47. The monoisotopic (exact) mass is 353 g/mol. The van der Waals surface area contributed by atoms with Crippen molar-refractivity contribution in [3.63, 3.8) is 0 Å². The summed E-state index contributed by atoms with van der Waals surface area (Å²) in [5, 5.41) is 1.70. The number of alkyl halides is 2. The van der Waals surface area contributed by atoms with Crippen molar-refractivity contribution >= 4 is 17.2 Å². The van der Waals surface area contributed by atoms with Gasteiger partial charge in [0.1, 0.15) is 5.69 Å². The molecule has 4 nitrogen and oxygen atoms in total. The van der Waals surface area contributed by atoms with Gasteiger partial charge in [-0.15, -0.1) is 11.3 Å². The number of carbonyl (C=O) groups is 1. The quantitative estimate of drug-likeness (QED) is 0.680. The lowest BCUT2D eigenvalue weighted by atomic mass is 10.2. The van der Waals surface area contributed by atoms with Gasteiger partial charge in [-0.25, -0.2) is 0 Å². The summed E-state index contributed by atoms with van der Waals surface area (Å²) in [5.74, 6) is -0.673. The zero-order valence-electron chi connectivity index (χ0n) is 13.8. The molecule has 2 heterocycles. The molecule has 0 aliphatic heterocycles. The van der Waals surface area contributed by atoms with Gasteiger partial charge in [0.2, 0.25) is 0 Å². The van der Waals surface area contributed by atoms with Crippen LogP contribution < -0.4 is 0 Å². The molecular formula is C17H21F2N3OS. The Kier molecular flexibility index (Phi) is 6.39. The number of amides is 1. The average molecular weight is 353 g/mol. The van der Waals surface area contributed by atoms with E-state index >= 15 is 0 Å². The molecule has 2 aromatic heterocycles. The Hall–Kier alpha value is -1.86. The van der Waals surface area contributed by atoms with Crippen LogP contribution in [0.1, 0.15) is 29.2 Å². The maximum absolute atomic E-state index is 14.9. The van der Waals surface area contributed by atoms with Crippen LogP contribution in [0.15, 0.2) is 41.9 Å². The fourth-order valence-corrected chi connectivity index (χ4v) is 3.03. The summed E-state index contributed by atoms with van der Waals surface area (Å²) >= 11 is 1.16. The number of nitrogens with zero attached hydrogens (tertiary/aromatic N) is 3. The van der Waals surface area contributed by atoms with Crippen LogP contribution in [0.2, 0.25) is 0 Å². The molecule has 1 amide bonds. The van der Waals surface area contributed by atoms with Crippen molar-refractivity contribution in [2.75, 3.05) is 26.2 Å². The highest BCUT2D eigenvalue weighted by Crippen LogP contribution is 2.32. The number of aromatic nitrogens is 1. The van der Waals surface area contributed by atoms with Gasteiger partial charge in [-0.1, -0.05) is 26.0 Å². The first-order valence-electron chi connectivity index (χ1n) is 7.87. The number of likely N-dealkylation sites (N-methyl/N-ethyl adjacent to an activating group) is 1. The van der Waals surface area contributed by atoms with Gasteiger partial charge in [0.05, 0.1) is 4.88 Å². The highest BCUT2D eigenvalue weighted by atomic mass is 32.1. The number of rotatable bonds is 8. The van der Waals surface area contributed by atoms with E-state index in [1.54, 1.807) is 23.6 Å². The van der Waals surface area contributed by atoms with Gasteiger partial charge in [0.25, 0.3) is 5.91 Å². The van der Waals surface area contributed by atoms with Crippen LogP contribution in [-0.4, -0.2) is 46.9 Å². The van der Waals surface area contributed by atoms with E-state index in [4.69, 9.17) is 0 Å². The summed E-state index contributed by atoms with van der Waals surface area (Å²) in [7, 11) is 0. The van der Waals surface area contributed by atoms with Gasteiger partial charge in [0.15, 0.2) is 0 Å². The first-order valence-corrected chi connectivity index (χ1v) is 8.75. The van der Waals surface area contributed by atoms with Crippen molar-refractivity contribution in [1.29, 1.82) is 0 Å². The molecule has 0 aromatic carbocycles. The van der Waals surface area contributed by atoms with Crippen LogP contribution in [-0.2, 0) is 6.05 Å². The van der Waals surface area contributed by atoms with E-state index in [1.165, 1.54) is 18.3 Å². The Bertz CT molecular complexity index is 631. The van der Waals surface area contributed by atoms with Gasteiger partial charge < -0.3 is 4.90 Å². The zero-order valence-corrected chi connectivity index (χ0v) is 14.6. The molecule has 130 valence electrons. The summed E-state index contributed by atoms with van der Waals surface area (Å²) in [6, 6.07) is 4.09. The first-order chi connectivity index (χ1) is 11.5. The molecule has 0 aliphatic rings. The van der Waals surface area contributed by atoms with Crippen molar-refractivity contribution in [1.82, 2.24) is 14.8 Å². The molecular weight excluding hydrogens is 332 g/mol. The first kappa shape index (κ1) is 18.5. The van der Waals surface area contributed by atoms with Gasteiger partial charge in [-0.2, -0.15) is 8.78 Å². The van der Waals surface area contributed by atoms with E-state index in [9.17, 15) is 13.6 Å². The molecule has 7 heteroatoms. The van der Waals surface area contributed by atoms with E-state index in [0.717, 1.165) is 24.4 Å². The van der Waals surface area contributed by atoms with Crippen LogP contribution in [0.4, 0.5) is 8.78 Å². The largest absolute Gasteiger partial charge is 0.371 e. The molecule has 24 heavy (non-hydrogen) atoms. The molecule has 0 unspecified atom stereocenters. The van der Waals surface area contributed by atoms with Crippen LogP contribution in [0.3, 0.4) is 0 Å². The van der Waals surface area contributed by atoms with Crippen LogP contribution in [0.25, 0.3) is 0 Å². The summed E-state index contributed by atoms with van der Waals surface area (Å²) in [6.07, 6.45) is 1.31. The third kappa shape index (κ3) is 4.15. The molecule has 0 saturated heterocycles. The summed E-state index contributed by atoms with van der Waals surface area (Å²) in [4.78, 5) is 19.3. The van der Waals surface area contributed by atoms with Gasteiger partial charge >= 0.3 is 6.05 Å². The SMILES string of the molecule is CCN(CC)CCN(C(=O)c1cccs1)C(F)(F)c1ccccn1. The molecule has 0 atom stereocenters. The number of hydrogen-bond acceptors (Lipinski definition) is 4. The van der Waals surface area contributed by atoms with E-state index < -0.39 is 17.6 Å². The lowest BCUT2D eigenvalue weighted by molar-refractivity contribution is -0.135. The summed E-state index contributed by atoms with van der Waals surface area (Å²) in [6.45, 7) is 5.73. The highest BCUT2D eigenvalue weighted by Gasteiger charge is 2.44. The van der Waals surface area contributed by atoms with Crippen molar-refractivity contribution in [3.05, 3.63) is 52.5 Å². The Morgan fingerprint density at radius 2 is 1.92 bits per heavy atom. The maximum atomic E-state index is 14.9. The fraction of sp³-hybridized carbons (Fsp3) is 0.412. The van der Waals surface area contributed by atoms with E-state index in [0.29, 0.717) is 16.3 Å². The van der Waals surface area contributed by atoms with E-state index in [-0.39, 0.29) is 6.54 Å². The minimum atomic E-state index is -3.46. The molecule has 0 spiro atoms. The molecule has 0 N–H and O–H groups in total. The fourth-order valence-electron chi connectivity index (χ4n) is 2.36. The van der Waals surface area contributed by atoms with Gasteiger partial charge in [-0.05, 0) is 36.7 Å². The second-order valence-corrected chi connectivity index (χ2v) is 6.16. The van der Waals surface area contributed by atoms with Crippen molar-refractivity contribution < 1.29 is 13.6 Å². The lowest BCUT2D eigenvalue weighted by Gasteiger charge is -2.32. The van der Waals surface area contributed by atoms with E-state index in [1.807, 2.05) is 18.7 Å². The van der Waals surface area contributed by atoms with Crippen molar-refractivity contribution in [3.8, 4) is 0 Å². The molecule has 0 fully saturated rings. The van der Waals surface area contributed by atoms with Crippen LogP contribution >= 0.6 is 11.3 Å². The average Bonchev–Trinajstić information content (AvgIpc) is 3.13. The van der Waals surface area contributed by atoms with Crippen LogP contribution in [0.5, 0.6) is 0 Å². The smallest absolute Gasteiger partial charge is 0.302 e. The number of thiophene rings is 1. The minimum absolute atomic E-state index is 0.0675. The molecule has 0 aliphatic carbocycles. The number of hydrogen-bond donors (Lipinski definition) is 0. The van der Waals surface area contributed by atoms with E-state index in [2.05, 4.69) is 4.98 Å². The second-order valence-electron chi connectivity index (χ2n) is 5.22. The zero-order chi connectivity index (χ0) is 17.6. The van der Waals surface area contributed by atoms with Crippen molar-refractivity contribution in [2.45, 2.75) is 19.9 Å². The molecule has 0 radical (unpaired) electrons. The molecule has 0 bridgehead atoms. The van der Waals surface area contributed by atoms with Gasteiger partial charge in [-0.3, -0.25) is 14.7 Å². The van der Waals surface area contributed by atoms with Gasteiger partial charge in [0, 0.05) is 19.3 Å². The standard InChI is InChI=1S/C17H21F2N3OS/c1-3-21(4-2)11-12-22(16(23)14-8-7-13-24-14)17(18,19)15-9-5-6-10-20-15/h5-10,13H,3-4,11-12H2,1-2H3. The minimum Gasteiger partial charge on any atom is -0.302 e. The number of carbonyl (C=O) groups excluding carboxylic acids is 1. The van der Waals surface area contributed by atoms with Crippen molar-refractivity contribution in [2.24, 2.45) is 0 Å². The molecule has 2 aromatic rings. The number of pyridine rings is 1. The Morgan fingerprint density at radius 1 is 1.17 bits per heavy atom. The predicted octanol–water partition coefficient (Wildman–Crippen LogP) is 3.68. The Labute approximate surface area is 144 Å². The number of halogens is 2. The predicted molar refractivity (Wildman–Crippen MR) is 91.3 cm³/mol. The normalized spacial score (nSPS) is 11.7. The Balaban J connectivity index is 2.29. The second kappa shape index (κ2) is 8.30. The summed E-state index contributed by atoms with van der Waals surface area (Å²) in [5.41, 5.74) is -0.422. The topological polar surface area (TPSA) is 36.4 Å². The Morgan fingerprint density at radius 3 is 2.46 bits per heavy atom. The van der Waals surface area contributed by atoms with Crippen LogP contribution in [0, 0.1) is 0 Å². The molecule has 0 saturated carbocycles. The maximum Gasteiger partial charge on any atom is 0.371 e. The summed E-state index contributed by atoms with van der Waals surface area (Å²) < 4.78 is 29.9. The molecule has 2 rings (SSSR count).